The molecule has 0 radical (unpaired) electrons. The van der Waals surface area contributed by atoms with E-state index >= 15 is 0 Å². The number of likely N-dealkylation sites (tertiary alicyclic amines) is 1. The normalized spacial score (nSPS) is 22.3. The first-order valence-electron chi connectivity index (χ1n) is 7.51. The van der Waals surface area contributed by atoms with Crippen molar-refractivity contribution < 1.29 is 9.90 Å². The molecule has 2 rings (SSSR count). The Hall–Kier alpha value is -1.69. The number of nitrogen functional groups attached to an aromatic ring is 1. The monoisotopic (exact) mass is 292 g/mol. The van der Waals surface area contributed by atoms with Crippen LogP contribution >= 0.6 is 0 Å². The van der Waals surface area contributed by atoms with Crippen LogP contribution in [0.4, 0.5) is 5.95 Å². The van der Waals surface area contributed by atoms with Gasteiger partial charge in [0.05, 0.1) is 6.61 Å². The van der Waals surface area contributed by atoms with Gasteiger partial charge in [-0.05, 0) is 32.3 Å². The smallest absolute Gasteiger partial charge is 0.272 e. The predicted molar refractivity (Wildman–Crippen MR) is 80.7 cm³/mol. The van der Waals surface area contributed by atoms with Crippen molar-refractivity contribution in [1.29, 1.82) is 0 Å². The van der Waals surface area contributed by atoms with E-state index in [1.165, 1.54) is 0 Å². The van der Waals surface area contributed by atoms with Crippen LogP contribution in [0.5, 0.6) is 0 Å². The molecule has 1 atom stereocenters. The summed E-state index contributed by atoms with van der Waals surface area (Å²) >= 11 is 0. The Morgan fingerprint density at radius 3 is 2.90 bits per heavy atom. The minimum Gasteiger partial charge on any atom is -0.396 e. The first-order chi connectivity index (χ1) is 9.99. The zero-order chi connectivity index (χ0) is 15.5. The second-order valence-corrected chi connectivity index (χ2v) is 5.99. The number of amides is 1. The fraction of sp³-hybridized carbons (Fsp3) is 0.667. The largest absolute Gasteiger partial charge is 0.396 e. The van der Waals surface area contributed by atoms with Gasteiger partial charge in [-0.15, -0.1) is 0 Å². The van der Waals surface area contributed by atoms with Gasteiger partial charge in [-0.25, -0.2) is 9.97 Å². The van der Waals surface area contributed by atoms with Crippen molar-refractivity contribution >= 4 is 11.9 Å². The van der Waals surface area contributed by atoms with Crippen molar-refractivity contribution in [1.82, 2.24) is 14.9 Å². The van der Waals surface area contributed by atoms with E-state index in [-0.39, 0.29) is 23.9 Å². The molecule has 1 fully saturated rings. The van der Waals surface area contributed by atoms with Crippen LogP contribution in [-0.2, 0) is 0 Å². The number of nitrogens with two attached hydrogens (primary N) is 1. The minimum atomic E-state index is -0.170. The molecule has 1 aliphatic rings. The predicted octanol–water partition coefficient (Wildman–Crippen LogP) is 1.38. The summed E-state index contributed by atoms with van der Waals surface area (Å²) in [7, 11) is 0. The topological polar surface area (TPSA) is 92.3 Å². The van der Waals surface area contributed by atoms with Gasteiger partial charge in [-0.1, -0.05) is 13.3 Å². The van der Waals surface area contributed by atoms with Crippen LogP contribution in [0.25, 0.3) is 0 Å². The highest BCUT2D eigenvalue weighted by atomic mass is 16.3. The molecule has 0 saturated carbocycles. The summed E-state index contributed by atoms with van der Waals surface area (Å²) in [6, 6.07) is 1.66. The van der Waals surface area contributed by atoms with Gasteiger partial charge < -0.3 is 15.7 Å². The Bertz CT molecular complexity index is 496. The first-order valence-corrected chi connectivity index (χ1v) is 7.51. The van der Waals surface area contributed by atoms with E-state index in [0.717, 1.165) is 25.7 Å². The Kier molecular flexibility index (Phi) is 4.77. The average Bonchev–Trinajstić information content (AvgIpc) is 2.46. The third kappa shape index (κ3) is 3.50. The van der Waals surface area contributed by atoms with Crippen LogP contribution in [0.3, 0.4) is 0 Å². The number of rotatable bonds is 4. The zero-order valence-electron chi connectivity index (χ0n) is 12.8. The number of piperidine rings is 1. The van der Waals surface area contributed by atoms with Crippen molar-refractivity contribution in [3.63, 3.8) is 0 Å². The summed E-state index contributed by atoms with van der Waals surface area (Å²) < 4.78 is 0. The van der Waals surface area contributed by atoms with Gasteiger partial charge in [0.2, 0.25) is 5.95 Å². The number of carbonyl (C=O) groups excluding carboxylic acids is 1. The summed E-state index contributed by atoms with van der Waals surface area (Å²) in [6.45, 7) is 5.30. The zero-order valence-corrected chi connectivity index (χ0v) is 12.8. The van der Waals surface area contributed by atoms with Crippen molar-refractivity contribution in [3.05, 3.63) is 17.5 Å². The van der Waals surface area contributed by atoms with Gasteiger partial charge in [0.1, 0.15) is 5.69 Å². The quantitative estimate of drug-likeness (QED) is 0.874. The third-order valence-electron chi connectivity index (χ3n) is 4.15. The number of aliphatic hydroxyl groups is 1. The first kappa shape index (κ1) is 15.7. The van der Waals surface area contributed by atoms with E-state index < -0.39 is 0 Å². The van der Waals surface area contributed by atoms with Crippen molar-refractivity contribution in [2.45, 2.75) is 39.5 Å². The Balaban J connectivity index is 2.18. The maximum absolute atomic E-state index is 12.6. The fourth-order valence-electron chi connectivity index (χ4n) is 3.19. The molecule has 21 heavy (non-hydrogen) atoms. The Morgan fingerprint density at radius 2 is 2.29 bits per heavy atom. The van der Waals surface area contributed by atoms with E-state index in [2.05, 4.69) is 16.9 Å². The molecule has 6 heteroatoms. The van der Waals surface area contributed by atoms with Gasteiger partial charge in [-0.3, -0.25) is 4.79 Å². The molecule has 0 bridgehead atoms. The van der Waals surface area contributed by atoms with Crippen LogP contribution in [-0.4, -0.2) is 45.6 Å². The van der Waals surface area contributed by atoms with Gasteiger partial charge >= 0.3 is 0 Å². The van der Waals surface area contributed by atoms with Crippen molar-refractivity contribution in [3.8, 4) is 0 Å². The Labute approximate surface area is 125 Å². The molecule has 1 unspecified atom stereocenters. The number of aromatic nitrogens is 2. The van der Waals surface area contributed by atoms with Crippen LogP contribution in [0.15, 0.2) is 6.07 Å². The number of aliphatic hydroxyl groups excluding tert-OH is 1. The highest BCUT2D eigenvalue weighted by Gasteiger charge is 2.36. The molecule has 1 aromatic rings. The number of aryl methyl sites for hydroxylation is 1. The van der Waals surface area contributed by atoms with Gasteiger partial charge in [0.15, 0.2) is 0 Å². The number of anilines is 1. The molecule has 1 aliphatic heterocycles. The number of hydrogen-bond acceptors (Lipinski definition) is 5. The van der Waals surface area contributed by atoms with Crippen LogP contribution in [0, 0.1) is 12.3 Å². The lowest BCUT2D eigenvalue weighted by molar-refractivity contribution is 0.0219. The summed E-state index contributed by atoms with van der Waals surface area (Å²) in [5.41, 5.74) is 6.47. The minimum absolute atomic E-state index is 0.121. The summed E-state index contributed by atoms with van der Waals surface area (Å²) in [4.78, 5) is 22.4. The number of nitrogens with zero attached hydrogens (tertiary/aromatic N) is 3. The summed E-state index contributed by atoms with van der Waals surface area (Å²) in [5, 5.41) is 9.75. The standard InChI is InChI=1S/C15H24N4O2/c1-3-5-15(10-20)6-4-7-19(9-15)13(21)12-8-11(2)17-14(16)18-12/h8,20H,3-7,9-10H2,1-2H3,(H2,16,17,18). The molecule has 1 saturated heterocycles. The molecule has 2 heterocycles. The highest BCUT2D eigenvalue weighted by Crippen LogP contribution is 2.34. The molecule has 0 aromatic carbocycles. The number of hydrogen-bond donors (Lipinski definition) is 2. The maximum atomic E-state index is 12.6. The Morgan fingerprint density at radius 1 is 1.52 bits per heavy atom. The SMILES string of the molecule is CCCC1(CO)CCCN(C(=O)c2cc(C)nc(N)n2)C1. The van der Waals surface area contributed by atoms with E-state index in [0.29, 0.717) is 24.5 Å². The fourth-order valence-corrected chi connectivity index (χ4v) is 3.19. The lowest BCUT2D eigenvalue weighted by atomic mass is 9.77. The van der Waals surface area contributed by atoms with E-state index in [1.54, 1.807) is 17.9 Å². The van der Waals surface area contributed by atoms with Crippen molar-refractivity contribution in [2.24, 2.45) is 5.41 Å². The molecule has 0 spiro atoms. The third-order valence-corrected chi connectivity index (χ3v) is 4.15. The molecule has 116 valence electrons. The summed E-state index contributed by atoms with van der Waals surface area (Å²) in [5.74, 6) is -0.00170. The summed E-state index contributed by atoms with van der Waals surface area (Å²) in [6.07, 6.45) is 3.80. The van der Waals surface area contributed by atoms with Crippen molar-refractivity contribution in [2.75, 3.05) is 25.4 Å². The second-order valence-electron chi connectivity index (χ2n) is 5.99. The number of carbonyl (C=O) groups is 1. The van der Waals surface area contributed by atoms with E-state index in [4.69, 9.17) is 5.73 Å². The van der Waals surface area contributed by atoms with Gasteiger partial charge in [0.25, 0.3) is 5.91 Å². The lowest BCUT2D eigenvalue weighted by Crippen LogP contribution is -2.48. The van der Waals surface area contributed by atoms with Crippen LogP contribution in [0.2, 0.25) is 0 Å². The molecule has 6 nitrogen and oxygen atoms in total. The average molecular weight is 292 g/mol. The molecule has 3 N–H and O–H groups in total. The maximum Gasteiger partial charge on any atom is 0.272 e. The molecule has 0 aliphatic carbocycles. The molecule has 1 amide bonds. The molecular formula is C15H24N4O2. The van der Waals surface area contributed by atoms with Gasteiger partial charge in [-0.2, -0.15) is 0 Å². The van der Waals surface area contributed by atoms with E-state index in [1.807, 2.05) is 0 Å². The lowest BCUT2D eigenvalue weighted by Gasteiger charge is -2.41. The van der Waals surface area contributed by atoms with Gasteiger partial charge in [0, 0.05) is 24.2 Å². The molecular weight excluding hydrogens is 268 g/mol. The molecule has 1 aromatic heterocycles. The second kappa shape index (κ2) is 6.39. The highest BCUT2D eigenvalue weighted by molar-refractivity contribution is 5.92. The van der Waals surface area contributed by atoms with Crippen LogP contribution in [0.1, 0.15) is 48.8 Å². The van der Waals surface area contributed by atoms with Crippen LogP contribution < -0.4 is 5.73 Å². The van der Waals surface area contributed by atoms with E-state index in [9.17, 15) is 9.90 Å².